The molecule has 0 aromatic heterocycles. The van der Waals surface area contributed by atoms with Crippen LogP contribution in [0.1, 0.15) is 13.3 Å². The fourth-order valence-corrected chi connectivity index (χ4v) is 1.22. The molecule has 1 aliphatic carbocycles. The van der Waals surface area contributed by atoms with E-state index in [2.05, 4.69) is 22.8 Å². The van der Waals surface area contributed by atoms with Gasteiger partial charge < -0.3 is 10.6 Å². The highest BCUT2D eigenvalue weighted by Crippen LogP contribution is 2.01. The summed E-state index contributed by atoms with van der Waals surface area (Å²) in [5.74, 6) is 0.0606. The molecule has 0 spiro atoms. The standard InChI is InChI=1S/C10H16N2O/c1-2-11-10(13)8-12-9-6-4-3-5-7-9/h3-6,9,12H,2,7-8H2,1H3,(H,11,13). The minimum atomic E-state index is 0.0606. The van der Waals surface area contributed by atoms with Gasteiger partial charge in [-0.2, -0.15) is 0 Å². The lowest BCUT2D eigenvalue weighted by molar-refractivity contribution is -0.120. The minimum Gasteiger partial charge on any atom is -0.355 e. The van der Waals surface area contributed by atoms with Gasteiger partial charge in [-0.05, 0) is 13.3 Å². The van der Waals surface area contributed by atoms with Crippen molar-refractivity contribution in [3.63, 3.8) is 0 Å². The summed E-state index contributed by atoms with van der Waals surface area (Å²) in [6, 6.07) is 0.313. The monoisotopic (exact) mass is 180 g/mol. The van der Waals surface area contributed by atoms with Crippen LogP contribution in [-0.4, -0.2) is 25.0 Å². The molecule has 0 fully saturated rings. The molecule has 0 aliphatic heterocycles. The third kappa shape index (κ3) is 3.90. The van der Waals surface area contributed by atoms with Crippen LogP contribution in [0.15, 0.2) is 24.3 Å². The van der Waals surface area contributed by atoms with Gasteiger partial charge in [0.05, 0.1) is 6.54 Å². The van der Waals surface area contributed by atoms with Crippen LogP contribution in [0.4, 0.5) is 0 Å². The lowest BCUT2D eigenvalue weighted by atomic mass is 10.1. The third-order valence-corrected chi connectivity index (χ3v) is 1.88. The second kappa shape index (κ2) is 5.54. The summed E-state index contributed by atoms with van der Waals surface area (Å²) in [5.41, 5.74) is 0. The van der Waals surface area contributed by atoms with Crippen molar-refractivity contribution in [1.29, 1.82) is 0 Å². The van der Waals surface area contributed by atoms with E-state index in [-0.39, 0.29) is 5.91 Å². The molecule has 72 valence electrons. The largest absolute Gasteiger partial charge is 0.355 e. The summed E-state index contributed by atoms with van der Waals surface area (Å²) < 4.78 is 0. The van der Waals surface area contributed by atoms with Crippen LogP contribution in [0.3, 0.4) is 0 Å². The Morgan fingerprint density at radius 2 is 2.38 bits per heavy atom. The van der Waals surface area contributed by atoms with E-state index in [1.165, 1.54) is 0 Å². The normalized spacial score (nSPS) is 20.2. The number of hydrogen-bond acceptors (Lipinski definition) is 2. The highest BCUT2D eigenvalue weighted by Gasteiger charge is 2.05. The van der Waals surface area contributed by atoms with Crippen molar-refractivity contribution in [2.24, 2.45) is 0 Å². The first-order chi connectivity index (χ1) is 6.33. The molecule has 0 saturated heterocycles. The van der Waals surface area contributed by atoms with E-state index in [9.17, 15) is 4.79 Å². The van der Waals surface area contributed by atoms with Crippen molar-refractivity contribution in [2.45, 2.75) is 19.4 Å². The summed E-state index contributed by atoms with van der Waals surface area (Å²) in [6.07, 6.45) is 9.15. The maximum absolute atomic E-state index is 11.1. The van der Waals surface area contributed by atoms with Crippen molar-refractivity contribution in [3.05, 3.63) is 24.3 Å². The number of rotatable bonds is 4. The van der Waals surface area contributed by atoms with Gasteiger partial charge in [0.1, 0.15) is 0 Å². The van der Waals surface area contributed by atoms with E-state index < -0.39 is 0 Å². The van der Waals surface area contributed by atoms with Gasteiger partial charge in [-0.1, -0.05) is 24.3 Å². The van der Waals surface area contributed by atoms with Crippen LogP contribution < -0.4 is 10.6 Å². The highest BCUT2D eigenvalue weighted by atomic mass is 16.1. The number of hydrogen-bond donors (Lipinski definition) is 2. The molecule has 0 aromatic rings. The predicted molar refractivity (Wildman–Crippen MR) is 53.4 cm³/mol. The molecule has 1 atom stereocenters. The second-order valence-electron chi connectivity index (χ2n) is 2.99. The first-order valence-electron chi connectivity index (χ1n) is 4.66. The van der Waals surface area contributed by atoms with Gasteiger partial charge in [0.2, 0.25) is 5.91 Å². The fraction of sp³-hybridized carbons (Fsp3) is 0.500. The van der Waals surface area contributed by atoms with Gasteiger partial charge in [0.25, 0.3) is 0 Å². The molecule has 1 rings (SSSR count). The molecule has 3 heteroatoms. The zero-order chi connectivity index (χ0) is 9.52. The molecular formula is C10H16N2O. The van der Waals surface area contributed by atoms with Crippen molar-refractivity contribution >= 4 is 5.91 Å². The van der Waals surface area contributed by atoms with Crippen molar-refractivity contribution in [3.8, 4) is 0 Å². The van der Waals surface area contributed by atoms with E-state index >= 15 is 0 Å². The minimum absolute atomic E-state index is 0.0606. The Hall–Kier alpha value is -1.09. The smallest absolute Gasteiger partial charge is 0.233 e. The average molecular weight is 180 g/mol. The Morgan fingerprint density at radius 1 is 1.54 bits per heavy atom. The van der Waals surface area contributed by atoms with Crippen molar-refractivity contribution < 1.29 is 4.79 Å². The number of carbonyl (C=O) groups excluding carboxylic acids is 1. The number of nitrogens with one attached hydrogen (secondary N) is 2. The first kappa shape index (κ1) is 9.99. The Labute approximate surface area is 78.9 Å². The number of carbonyl (C=O) groups is 1. The summed E-state index contributed by atoms with van der Waals surface area (Å²) in [5, 5.41) is 5.90. The first-order valence-corrected chi connectivity index (χ1v) is 4.66. The lowest BCUT2D eigenvalue weighted by Gasteiger charge is -2.14. The zero-order valence-electron chi connectivity index (χ0n) is 7.92. The van der Waals surface area contributed by atoms with Crippen molar-refractivity contribution in [1.82, 2.24) is 10.6 Å². The molecule has 0 bridgehead atoms. The van der Waals surface area contributed by atoms with Gasteiger partial charge in [0, 0.05) is 12.6 Å². The van der Waals surface area contributed by atoms with Crippen LogP contribution in [0.2, 0.25) is 0 Å². The van der Waals surface area contributed by atoms with Gasteiger partial charge in [-0.3, -0.25) is 4.79 Å². The van der Waals surface area contributed by atoms with Crippen LogP contribution >= 0.6 is 0 Å². The van der Waals surface area contributed by atoms with Crippen LogP contribution in [-0.2, 0) is 4.79 Å². The highest BCUT2D eigenvalue weighted by molar-refractivity contribution is 5.77. The molecule has 1 unspecified atom stereocenters. The van der Waals surface area contributed by atoms with Crippen LogP contribution in [0, 0.1) is 0 Å². The van der Waals surface area contributed by atoms with E-state index in [1.807, 2.05) is 19.1 Å². The predicted octanol–water partition coefficient (Wildman–Crippen LogP) is 0.597. The molecule has 13 heavy (non-hydrogen) atoms. The molecule has 3 nitrogen and oxygen atoms in total. The van der Waals surface area contributed by atoms with Crippen molar-refractivity contribution in [2.75, 3.05) is 13.1 Å². The SMILES string of the molecule is CCNC(=O)CNC1C=CC=CC1. The Kier molecular flexibility index (Phi) is 4.26. The molecule has 0 heterocycles. The van der Waals surface area contributed by atoms with E-state index in [1.54, 1.807) is 0 Å². The Bertz CT molecular complexity index is 221. The van der Waals surface area contributed by atoms with Gasteiger partial charge in [-0.15, -0.1) is 0 Å². The van der Waals surface area contributed by atoms with E-state index in [0.717, 1.165) is 6.42 Å². The number of allylic oxidation sites excluding steroid dienone is 2. The summed E-state index contributed by atoms with van der Waals surface area (Å²) in [4.78, 5) is 11.1. The quantitative estimate of drug-likeness (QED) is 0.665. The van der Waals surface area contributed by atoms with Crippen LogP contribution in [0.5, 0.6) is 0 Å². The van der Waals surface area contributed by atoms with Gasteiger partial charge in [-0.25, -0.2) is 0 Å². The fourth-order valence-electron chi connectivity index (χ4n) is 1.22. The molecule has 2 N–H and O–H groups in total. The Morgan fingerprint density at radius 3 is 3.00 bits per heavy atom. The zero-order valence-corrected chi connectivity index (χ0v) is 7.92. The third-order valence-electron chi connectivity index (χ3n) is 1.88. The molecule has 0 saturated carbocycles. The average Bonchev–Trinajstić information content (AvgIpc) is 2.17. The molecule has 0 radical (unpaired) electrons. The summed E-state index contributed by atoms with van der Waals surface area (Å²) in [6.45, 7) is 3.01. The number of amides is 1. The van der Waals surface area contributed by atoms with Gasteiger partial charge in [0.15, 0.2) is 0 Å². The molecular weight excluding hydrogens is 164 g/mol. The Balaban J connectivity index is 2.15. The van der Waals surface area contributed by atoms with Gasteiger partial charge >= 0.3 is 0 Å². The lowest BCUT2D eigenvalue weighted by Crippen LogP contribution is -2.38. The van der Waals surface area contributed by atoms with E-state index in [4.69, 9.17) is 0 Å². The maximum atomic E-state index is 11.1. The summed E-state index contributed by atoms with van der Waals surface area (Å²) >= 11 is 0. The topological polar surface area (TPSA) is 41.1 Å². The van der Waals surface area contributed by atoms with E-state index in [0.29, 0.717) is 19.1 Å². The molecule has 1 aliphatic rings. The maximum Gasteiger partial charge on any atom is 0.233 e. The van der Waals surface area contributed by atoms with Crippen LogP contribution in [0.25, 0.3) is 0 Å². The second-order valence-corrected chi connectivity index (χ2v) is 2.99. The molecule has 1 amide bonds. The number of likely N-dealkylation sites (N-methyl/N-ethyl adjacent to an activating group) is 1. The summed E-state index contributed by atoms with van der Waals surface area (Å²) in [7, 11) is 0. The molecule has 0 aromatic carbocycles.